The van der Waals surface area contributed by atoms with Crippen molar-refractivity contribution in [3.8, 4) is 28.7 Å². The molecular weight excluding hydrogens is 456 g/mol. The van der Waals surface area contributed by atoms with Crippen molar-refractivity contribution in [3.63, 3.8) is 0 Å². The van der Waals surface area contributed by atoms with Crippen LogP contribution in [0.15, 0.2) is 24.3 Å². The Labute approximate surface area is 192 Å². The van der Waals surface area contributed by atoms with Gasteiger partial charge in [0.15, 0.2) is 23.7 Å². The minimum atomic E-state index is -1.84. The Hall–Kier alpha value is -3.13. The fourth-order valence-electron chi connectivity index (χ4n) is 4.22. The lowest BCUT2D eigenvalue weighted by Crippen LogP contribution is -2.55. The number of methoxy groups -OCH3 is 1. The summed E-state index contributed by atoms with van der Waals surface area (Å²) in [5.41, 5.74) is -0.798. The number of aliphatic hydroxyl groups is 5. The van der Waals surface area contributed by atoms with E-state index in [2.05, 4.69) is 0 Å². The number of rotatable bonds is 4. The number of hydrogen-bond donors (Lipinski definition) is 8. The molecule has 4 rings (SSSR count). The van der Waals surface area contributed by atoms with E-state index in [0.29, 0.717) is 0 Å². The van der Waals surface area contributed by atoms with E-state index in [-0.39, 0.29) is 22.8 Å². The van der Waals surface area contributed by atoms with Gasteiger partial charge >= 0.3 is 0 Å². The van der Waals surface area contributed by atoms with Gasteiger partial charge in [0.05, 0.1) is 19.3 Å². The van der Waals surface area contributed by atoms with Crippen molar-refractivity contribution >= 4 is 5.78 Å². The molecule has 0 saturated carbocycles. The Kier molecular flexibility index (Phi) is 6.29. The summed E-state index contributed by atoms with van der Waals surface area (Å²) in [6.45, 7) is -0.745. The fourth-order valence-corrected chi connectivity index (χ4v) is 4.22. The largest absolute Gasteiger partial charge is 0.507 e. The molecule has 0 radical (unpaired) electrons. The van der Waals surface area contributed by atoms with Crippen molar-refractivity contribution in [3.05, 3.63) is 41.0 Å². The van der Waals surface area contributed by atoms with Gasteiger partial charge in [0.1, 0.15) is 53.3 Å². The van der Waals surface area contributed by atoms with E-state index in [9.17, 15) is 45.6 Å². The molecule has 0 amide bonds. The summed E-state index contributed by atoms with van der Waals surface area (Å²) in [6, 6.07) is 5.05. The quantitative estimate of drug-likeness (QED) is 0.265. The van der Waals surface area contributed by atoms with Crippen molar-refractivity contribution in [2.24, 2.45) is 0 Å². The average Bonchev–Trinajstić information content (AvgIpc) is 2.80. The molecule has 2 aromatic rings. The van der Waals surface area contributed by atoms with E-state index in [1.54, 1.807) is 0 Å². The zero-order valence-corrected chi connectivity index (χ0v) is 17.8. The molecule has 1 fully saturated rings. The predicted octanol–water partition coefficient (Wildman–Crippen LogP) is -0.996. The molecule has 8 N–H and O–H groups in total. The van der Waals surface area contributed by atoms with Gasteiger partial charge in [-0.05, 0) is 17.7 Å². The van der Waals surface area contributed by atoms with E-state index in [1.807, 2.05) is 0 Å². The van der Waals surface area contributed by atoms with Crippen LogP contribution in [0.2, 0.25) is 0 Å². The van der Waals surface area contributed by atoms with Crippen LogP contribution in [0.5, 0.6) is 28.7 Å². The summed E-state index contributed by atoms with van der Waals surface area (Å²) in [5, 5.41) is 81.8. The average molecular weight is 480 g/mol. The molecule has 0 bridgehead atoms. The number of benzene rings is 2. The molecule has 184 valence electrons. The summed E-state index contributed by atoms with van der Waals surface area (Å²) in [7, 11) is 1.35. The molecule has 2 aromatic carbocycles. The van der Waals surface area contributed by atoms with Gasteiger partial charge in [-0.25, -0.2) is 0 Å². The summed E-state index contributed by atoms with van der Waals surface area (Å²) < 4.78 is 16.0. The summed E-state index contributed by atoms with van der Waals surface area (Å²) in [4.78, 5) is 13.0. The van der Waals surface area contributed by atoms with Crippen molar-refractivity contribution in [1.82, 2.24) is 0 Å². The Morgan fingerprint density at radius 1 is 0.941 bits per heavy atom. The predicted molar refractivity (Wildman–Crippen MR) is 111 cm³/mol. The van der Waals surface area contributed by atoms with Crippen molar-refractivity contribution in [2.45, 2.75) is 42.7 Å². The molecule has 12 nitrogen and oxygen atoms in total. The highest BCUT2D eigenvalue weighted by atomic mass is 16.5. The zero-order valence-electron chi connectivity index (χ0n) is 17.8. The molecule has 7 atom stereocenters. The standard InChI is InChI=1S/C22H24O12/c1-32-10-3-2-7(4-8(10)24)21-19(30)17(28)14-11(33-21)5-9(25)13(16(14)27)22-20(31)18(29)15(26)12(6-23)34-22/h2-5,12,15,18-27,29-31H,6H2,1H3/t12-,15-,18+,19+,20-,21-,22+/m1/s1. The zero-order chi connectivity index (χ0) is 24.9. The second-order valence-electron chi connectivity index (χ2n) is 8.06. The number of phenols is 3. The first kappa shape index (κ1) is 24.0. The molecule has 2 aliphatic rings. The van der Waals surface area contributed by atoms with Crippen LogP contribution in [0.25, 0.3) is 0 Å². The van der Waals surface area contributed by atoms with Crippen molar-refractivity contribution < 1.29 is 59.9 Å². The maximum Gasteiger partial charge on any atom is 0.202 e. The highest BCUT2D eigenvalue weighted by molar-refractivity contribution is 6.06. The number of phenolic OH excluding ortho intramolecular Hbond substituents is 3. The fraction of sp³-hybridized carbons (Fsp3) is 0.409. The first-order chi connectivity index (χ1) is 16.1. The van der Waals surface area contributed by atoms with E-state index >= 15 is 0 Å². The maximum absolute atomic E-state index is 13.0. The lowest BCUT2D eigenvalue weighted by Gasteiger charge is -2.41. The molecule has 1 saturated heterocycles. The van der Waals surface area contributed by atoms with Gasteiger partial charge in [-0.3, -0.25) is 4.79 Å². The Morgan fingerprint density at radius 2 is 1.65 bits per heavy atom. The van der Waals surface area contributed by atoms with Crippen LogP contribution in [-0.2, 0) is 4.74 Å². The molecule has 0 spiro atoms. The summed E-state index contributed by atoms with van der Waals surface area (Å²) in [5.74, 6) is -2.94. The van der Waals surface area contributed by atoms with Crippen molar-refractivity contribution in [1.29, 1.82) is 0 Å². The van der Waals surface area contributed by atoms with Gasteiger partial charge < -0.3 is 55.1 Å². The number of aliphatic hydroxyl groups excluding tert-OH is 5. The first-order valence-corrected chi connectivity index (χ1v) is 10.3. The lowest BCUT2D eigenvalue weighted by molar-refractivity contribution is -0.232. The molecule has 34 heavy (non-hydrogen) atoms. The number of carbonyl (C=O) groups excluding carboxylic acids is 1. The van der Waals surface area contributed by atoms with Gasteiger partial charge in [-0.1, -0.05) is 6.07 Å². The van der Waals surface area contributed by atoms with E-state index in [0.717, 1.165) is 6.07 Å². The third-order valence-corrected chi connectivity index (χ3v) is 6.05. The molecule has 12 heteroatoms. The van der Waals surface area contributed by atoms with E-state index in [1.165, 1.54) is 25.3 Å². The summed E-state index contributed by atoms with van der Waals surface area (Å²) in [6.07, 6.45) is -11.4. The van der Waals surface area contributed by atoms with Gasteiger partial charge in [0.25, 0.3) is 0 Å². The SMILES string of the molecule is COc1ccc([C@H]2Oc3cc(O)c([C@@H]4O[C@H](CO)[C@@H](O)[C@H](O)[C@H]4O)c(O)c3C(=O)[C@@H]2O)cc1O. The second kappa shape index (κ2) is 8.91. The van der Waals surface area contributed by atoms with Crippen LogP contribution in [-0.4, -0.2) is 90.9 Å². The van der Waals surface area contributed by atoms with Crippen LogP contribution in [0.3, 0.4) is 0 Å². The van der Waals surface area contributed by atoms with Gasteiger partial charge in [0.2, 0.25) is 5.78 Å². The van der Waals surface area contributed by atoms with Gasteiger partial charge in [-0.2, -0.15) is 0 Å². The normalized spacial score (nSPS) is 31.0. The third-order valence-electron chi connectivity index (χ3n) is 6.05. The van der Waals surface area contributed by atoms with E-state index < -0.39 is 77.7 Å². The van der Waals surface area contributed by atoms with Crippen LogP contribution < -0.4 is 9.47 Å². The van der Waals surface area contributed by atoms with Crippen LogP contribution >= 0.6 is 0 Å². The molecule has 2 aliphatic heterocycles. The molecule has 0 aliphatic carbocycles. The lowest BCUT2D eigenvalue weighted by atomic mass is 9.86. The number of fused-ring (bicyclic) bond motifs is 1. The van der Waals surface area contributed by atoms with Crippen molar-refractivity contribution in [2.75, 3.05) is 13.7 Å². The Bertz CT molecular complexity index is 1100. The number of ketones is 1. The Morgan fingerprint density at radius 3 is 2.26 bits per heavy atom. The minimum Gasteiger partial charge on any atom is -0.507 e. The highest BCUT2D eigenvalue weighted by Crippen LogP contribution is 2.49. The van der Waals surface area contributed by atoms with E-state index in [4.69, 9.17) is 14.2 Å². The second-order valence-corrected chi connectivity index (χ2v) is 8.06. The molecule has 0 unspecified atom stereocenters. The molecular formula is C22H24O12. The van der Waals surface area contributed by atoms with Crippen LogP contribution in [0.4, 0.5) is 0 Å². The Balaban J connectivity index is 1.75. The smallest absolute Gasteiger partial charge is 0.202 e. The molecule has 0 aromatic heterocycles. The topological polar surface area (TPSA) is 207 Å². The number of ether oxygens (including phenoxy) is 3. The minimum absolute atomic E-state index is 0.153. The maximum atomic E-state index is 13.0. The first-order valence-electron chi connectivity index (χ1n) is 10.3. The van der Waals surface area contributed by atoms with Gasteiger partial charge in [0, 0.05) is 6.07 Å². The monoisotopic (exact) mass is 480 g/mol. The third kappa shape index (κ3) is 3.70. The summed E-state index contributed by atoms with van der Waals surface area (Å²) >= 11 is 0. The number of hydrogen-bond acceptors (Lipinski definition) is 12. The van der Waals surface area contributed by atoms with Crippen LogP contribution in [0, 0.1) is 0 Å². The number of carbonyl (C=O) groups is 1. The molecule has 2 heterocycles. The number of aromatic hydroxyl groups is 3. The highest BCUT2D eigenvalue weighted by Gasteiger charge is 2.48. The van der Waals surface area contributed by atoms with Crippen LogP contribution in [0.1, 0.15) is 33.7 Å². The van der Waals surface area contributed by atoms with Gasteiger partial charge in [-0.15, -0.1) is 0 Å². The number of Topliss-reactive ketones (excluding diaryl/α,β-unsaturated/α-hetero) is 1.